The lowest BCUT2D eigenvalue weighted by atomic mass is 10.0. The Hall–Kier alpha value is -2.97. The van der Waals surface area contributed by atoms with Gasteiger partial charge in [-0.1, -0.05) is 13.8 Å². The third kappa shape index (κ3) is 5.28. The minimum absolute atomic E-state index is 0.119. The van der Waals surface area contributed by atoms with Crippen LogP contribution in [0.2, 0.25) is 0 Å². The van der Waals surface area contributed by atoms with E-state index in [9.17, 15) is 27.2 Å². The predicted octanol–water partition coefficient (Wildman–Crippen LogP) is 4.33. The molecule has 0 fully saturated rings. The summed E-state index contributed by atoms with van der Waals surface area (Å²) in [6.07, 6.45) is -3.32. The molecule has 0 aliphatic rings. The highest BCUT2D eigenvalue weighted by Crippen LogP contribution is 2.31. The van der Waals surface area contributed by atoms with Crippen LogP contribution >= 0.6 is 0 Å². The molecule has 2 amide bonds. The van der Waals surface area contributed by atoms with Gasteiger partial charge in [0.25, 0.3) is 5.91 Å². The van der Waals surface area contributed by atoms with Crippen LogP contribution < -0.4 is 10.6 Å². The summed E-state index contributed by atoms with van der Waals surface area (Å²) in [7, 11) is 0. The first-order chi connectivity index (χ1) is 13.0. The van der Waals surface area contributed by atoms with Gasteiger partial charge >= 0.3 is 6.18 Å². The Morgan fingerprint density at radius 2 is 1.75 bits per heavy atom. The normalized spacial score (nSPS) is 12.6. The van der Waals surface area contributed by atoms with Crippen molar-refractivity contribution in [3.63, 3.8) is 0 Å². The third-order valence-corrected chi connectivity index (χ3v) is 3.94. The summed E-state index contributed by atoms with van der Waals surface area (Å²) in [5.41, 5.74) is -1.17. The molecule has 0 saturated carbocycles. The molecule has 0 spiro atoms. The van der Waals surface area contributed by atoms with Gasteiger partial charge in [-0.2, -0.15) is 13.2 Å². The summed E-state index contributed by atoms with van der Waals surface area (Å²) in [6, 6.07) is 3.70. The SMILES string of the molecule is CC(C)C(=O)Nc1cc(C(=O)NC(C)c2cc(C(F)(F)F)ccc2F)ccn1. The maximum atomic E-state index is 14.0. The van der Waals surface area contributed by atoms with Crippen molar-refractivity contribution in [2.75, 3.05) is 5.32 Å². The molecule has 1 aromatic carbocycles. The number of nitrogens with one attached hydrogen (secondary N) is 2. The molecule has 0 bridgehead atoms. The summed E-state index contributed by atoms with van der Waals surface area (Å²) in [5.74, 6) is -1.93. The number of pyridine rings is 1. The van der Waals surface area contributed by atoms with Gasteiger partial charge in [0.05, 0.1) is 11.6 Å². The number of anilines is 1. The highest BCUT2D eigenvalue weighted by molar-refractivity contribution is 5.97. The van der Waals surface area contributed by atoms with Crippen LogP contribution in [0.3, 0.4) is 0 Å². The number of rotatable bonds is 5. The monoisotopic (exact) mass is 397 g/mol. The second-order valence-corrected chi connectivity index (χ2v) is 6.50. The van der Waals surface area contributed by atoms with Gasteiger partial charge in [-0.15, -0.1) is 0 Å². The van der Waals surface area contributed by atoms with Crippen molar-refractivity contribution in [1.29, 1.82) is 0 Å². The standard InChI is InChI=1S/C19H19F4N3O2/c1-10(2)17(27)26-16-8-12(6-7-24-16)18(28)25-11(3)14-9-13(19(21,22)23)4-5-15(14)20/h4-11H,1-3H3,(H,25,28)(H,24,26,27). The van der Waals surface area contributed by atoms with Crippen LogP contribution in [-0.2, 0) is 11.0 Å². The zero-order valence-electron chi connectivity index (χ0n) is 15.4. The van der Waals surface area contributed by atoms with Crippen LogP contribution in [0.15, 0.2) is 36.5 Å². The van der Waals surface area contributed by atoms with Crippen LogP contribution in [-0.4, -0.2) is 16.8 Å². The Kier molecular flexibility index (Phi) is 6.37. The molecule has 1 atom stereocenters. The summed E-state index contributed by atoms with van der Waals surface area (Å²) < 4.78 is 52.5. The Bertz CT molecular complexity index is 882. The second-order valence-electron chi connectivity index (χ2n) is 6.50. The fraction of sp³-hybridized carbons (Fsp3) is 0.316. The van der Waals surface area contributed by atoms with E-state index < -0.39 is 29.5 Å². The molecule has 0 aliphatic carbocycles. The van der Waals surface area contributed by atoms with Gasteiger partial charge in [0.15, 0.2) is 0 Å². The number of hydrogen-bond acceptors (Lipinski definition) is 3. The Morgan fingerprint density at radius 1 is 1.07 bits per heavy atom. The van der Waals surface area contributed by atoms with E-state index in [1.54, 1.807) is 13.8 Å². The number of aromatic nitrogens is 1. The molecule has 1 aromatic heterocycles. The average Bonchev–Trinajstić information content (AvgIpc) is 2.61. The van der Waals surface area contributed by atoms with E-state index in [1.165, 1.54) is 25.3 Å². The molecule has 0 saturated heterocycles. The van der Waals surface area contributed by atoms with E-state index in [2.05, 4.69) is 15.6 Å². The molecule has 0 radical (unpaired) electrons. The van der Waals surface area contributed by atoms with Crippen LogP contribution in [0.1, 0.15) is 48.3 Å². The molecule has 2 rings (SSSR count). The summed E-state index contributed by atoms with van der Waals surface area (Å²) in [5, 5.41) is 4.99. The summed E-state index contributed by atoms with van der Waals surface area (Å²) in [4.78, 5) is 28.1. The van der Waals surface area contributed by atoms with E-state index in [1.807, 2.05) is 0 Å². The van der Waals surface area contributed by atoms with Crippen molar-refractivity contribution in [2.24, 2.45) is 5.92 Å². The molecular formula is C19H19F4N3O2. The van der Waals surface area contributed by atoms with Gasteiger partial charge in [0, 0.05) is 23.2 Å². The van der Waals surface area contributed by atoms with Gasteiger partial charge < -0.3 is 10.6 Å². The van der Waals surface area contributed by atoms with Crippen molar-refractivity contribution < 1.29 is 27.2 Å². The average molecular weight is 397 g/mol. The Morgan fingerprint density at radius 3 is 2.36 bits per heavy atom. The number of carbonyl (C=O) groups excluding carboxylic acids is 2. The molecule has 1 heterocycles. The minimum atomic E-state index is -4.62. The van der Waals surface area contributed by atoms with Crippen molar-refractivity contribution >= 4 is 17.6 Å². The van der Waals surface area contributed by atoms with Gasteiger partial charge in [-0.25, -0.2) is 9.37 Å². The lowest BCUT2D eigenvalue weighted by Gasteiger charge is -2.17. The number of halogens is 4. The molecule has 0 aliphatic heterocycles. The molecule has 2 aromatic rings. The maximum Gasteiger partial charge on any atom is 0.416 e. The predicted molar refractivity (Wildman–Crippen MR) is 95.0 cm³/mol. The molecule has 28 heavy (non-hydrogen) atoms. The van der Waals surface area contributed by atoms with Gasteiger partial charge in [-0.3, -0.25) is 9.59 Å². The molecule has 1 unspecified atom stereocenters. The van der Waals surface area contributed by atoms with E-state index in [-0.39, 0.29) is 28.8 Å². The third-order valence-electron chi connectivity index (χ3n) is 3.94. The quantitative estimate of drug-likeness (QED) is 0.738. The van der Waals surface area contributed by atoms with Crippen LogP contribution in [0, 0.1) is 11.7 Å². The van der Waals surface area contributed by atoms with E-state index >= 15 is 0 Å². The lowest BCUT2D eigenvalue weighted by Crippen LogP contribution is -2.28. The zero-order valence-corrected chi connectivity index (χ0v) is 15.4. The Labute approximate surface area is 159 Å². The van der Waals surface area contributed by atoms with E-state index in [4.69, 9.17) is 0 Å². The largest absolute Gasteiger partial charge is 0.416 e. The molecular weight excluding hydrogens is 378 g/mol. The van der Waals surface area contributed by atoms with Crippen molar-refractivity contribution in [2.45, 2.75) is 33.0 Å². The molecule has 150 valence electrons. The summed E-state index contributed by atoms with van der Waals surface area (Å²) in [6.45, 7) is 4.76. The fourth-order valence-electron chi connectivity index (χ4n) is 2.32. The number of hydrogen-bond donors (Lipinski definition) is 2. The van der Waals surface area contributed by atoms with Crippen LogP contribution in [0.4, 0.5) is 23.4 Å². The minimum Gasteiger partial charge on any atom is -0.345 e. The highest BCUT2D eigenvalue weighted by atomic mass is 19.4. The molecule has 9 heteroatoms. The number of amides is 2. The first-order valence-electron chi connectivity index (χ1n) is 8.43. The fourth-order valence-corrected chi connectivity index (χ4v) is 2.32. The first-order valence-corrected chi connectivity index (χ1v) is 8.43. The number of carbonyl (C=O) groups is 2. The van der Waals surface area contributed by atoms with Crippen molar-refractivity contribution in [1.82, 2.24) is 10.3 Å². The zero-order chi connectivity index (χ0) is 21.1. The van der Waals surface area contributed by atoms with Crippen molar-refractivity contribution in [3.05, 3.63) is 59.0 Å². The molecule has 5 nitrogen and oxygen atoms in total. The molecule has 2 N–H and O–H groups in total. The van der Waals surface area contributed by atoms with Crippen molar-refractivity contribution in [3.8, 4) is 0 Å². The lowest BCUT2D eigenvalue weighted by molar-refractivity contribution is -0.137. The number of benzene rings is 1. The summed E-state index contributed by atoms with van der Waals surface area (Å²) >= 11 is 0. The van der Waals surface area contributed by atoms with Gasteiger partial charge in [0.1, 0.15) is 11.6 Å². The number of alkyl halides is 3. The first kappa shape index (κ1) is 21.3. The number of nitrogens with zero attached hydrogens (tertiary/aromatic N) is 1. The van der Waals surface area contributed by atoms with Crippen LogP contribution in [0.25, 0.3) is 0 Å². The Balaban J connectivity index is 2.18. The van der Waals surface area contributed by atoms with E-state index in [0.717, 1.165) is 0 Å². The van der Waals surface area contributed by atoms with Gasteiger partial charge in [0.2, 0.25) is 5.91 Å². The van der Waals surface area contributed by atoms with Gasteiger partial charge in [-0.05, 0) is 37.3 Å². The second kappa shape index (κ2) is 8.37. The topological polar surface area (TPSA) is 71.1 Å². The van der Waals surface area contributed by atoms with Crippen LogP contribution in [0.5, 0.6) is 0 Å². The van der Waals surface area contributed by atoms with E-state index in [0.29, 0.717) is 18.2 Å². The maximum absolute atomic E-state index is 14.0. The highest BCUT2D eigenvalue weighted by Gasteiger charge is 2.31. The smallest absolute Gasteiger partial charge is 0.345 e.